The van der Waals surface area contributed by atoms with E-state index in [9.17, 15) is 0 Å². The maximum absolute atomic E-state index is 4.29. The maximum Gasteiger partial charge on any atom is 0.0522 e. The molecule has 0 radical (unpaired) electrons. The van der Waals surface area contributed by atoms with E-state index in [1.807, 2.05) is 17.9 Å². The van der Waals surface area contributed by atoms with Crippen molar-refractivity contribution in [3.8, 4) is 0 Å². The highest BCUT2D eigenvalue weighted by molar-refractivity contribution is 5.06. The van der Waals surface area contributed by atoms with Crippen LogP contribution in [-0.2, 0) is 13.5 Å². The Kier molecular flexibility index (Phi) is 4.36. The smallest absolute Gasteiger partial charge is 0.0522 e. The highest BCUT2D eigenvalue weighted by Crippen LogP contribution is 2.34. The van der Waals surface area contributed by atoms with Crippen molar-refractivity contribution in [2.24, 2.45) is 13.0 Å². The summed E-state index contributed by atoms with van der Waals surface area (Å²) in [5.74, 6) is 0.713. The molecule has 2 heterocycles. The standard InChI is InChI=1S/C17H30N4/c1-14(2)16-11-18-17(7-4-5-8-17)13-21(16)9-6-15-10-19-20(3)12-15/h10,12,14,16,18H,4-9,11,13H2,1-3H3. The molecule has 4 nitrogen and oxygen atoms in total. The number of piperazine rings is 1. The molecule has 1 aliphatic heterocycles. The highest BCUT2D eigenvalue weighted by Gasteiger charge is 2.41. The van der Waals surface area contributed by atoms with E-state index < -0.39 is 0 Å². The van der Waals surface area contributed by atoms with Gasteiger partial charge >= 0.3 is 0 Å². The monoisotopic (exact) mass is 290 g/mol. The van der Waals surface area contributed by atoms with Crippen LogP contribution in [0.1, 0.15) is 45.1 Å². The molecule has 0 bridgehead atoms. The van der Waals surface area contributed by atoms with Gasteiger partial charge in [-0.2, -0.15) is 5.10 Å². The van der Waals surface area contributed by atoms with Gasteiger partial charge in [0, 0.05) is 44.5 Å². The van der Waals surface area contributed by atoms with Crippen LogP contribution in [0.2, 0.25) is 0 Å². The van der Waals surface area contributed by atoms with Crippen LogP contribution in [0.5, 0.6) is 0 Å². The van der Waals surface area contributed by atoms with Crippen LogP contribution < -0.4 is 5.32 Å². The van der Waals surface area contributed by atoms with Crippen molar-refractivity contribution in [3.63, 3.8) is 0 Å². The van der Waals surface area contributed by atoms with Crippen molar-refractivity contribution >= 4 is 0 Å². The summed E-state index contributed by atoms with van der Waals surface area (Å²) in [5, 5.41) is 8.19. The van der Waals surface area contributed by atoms with Crippen LogP contribution in [-0.4, -0.2) is 45.9 Å². The lowest BCUT2D eigenvalue weighted by Crippen LogP contribution is -2.64. The van der Waals surface area contributed by atoms with Gasteiger partial charge in [0.1, 0.15) is 0 Å². The molecular formula is C17H30N4. The third-order valence-corrected chi connectivity index (χ3v) is 5.44. The van der Waals surface area contributed by atoms with Gasteiger partial charge in [0.2, 0.25) is 0 Å². The Labute approximate surface area is 128 Å². The number of aryl methyl sites for hydroxylation is 1. The Balaban J connectivity index is 1.65. The molecule has 2 fully saturated rings. The molecule has 21 heavy (non-hydrogen) atoms. The highest BCUT2D eigenvalue weighted by atomic mass is 15.3. The number of hydrogen-bond acceptors (Lipinski definition) is 3. The van der Waals surface area contributed by atoms with Crippen LogP contribution in [0.25, 0.3) is 0 Å². The molecule has 1 unspecified atom stereocenters. The molecule has 0 amide bonds. The summed E-state index contributed by atoms with van der Waals surface area (Å²) in [4.78, 5) is 2.75. The molecule has 1 spiro atoms. The van der Waals surface area contributed by atoms with Crippen LogP contribution in [0.3, 0.4) is 0 Å². The number of nitrogens with one attached hydrogen (secondary N) is 1. The number of nitrogens with zero attached hydrogens (tertiary/aromatic N) is 3. The van der Waals surface area contributed by atoms with E-state index in [1.165, 1.54) is 37.8 Å². The molecular weight excluding hydrogens is 260 g/mol. The van der Waals surface area contributed by atoms with Crippen LogP contribution in [0.15, 0.2) is 12.4 Å². The average Bonchev–Trinajstić information content (AvgIpc) is 3.06. The van der Waals surface area contributed by atoms with Crippen molar-refractivity contribution in [3.05, 3.63) is 18.0 Å². The van der Waals surface area contributed by atoms with Crippen molar-refractivity contribution < 1.29 is 0 Å². The summed E-state index contributed by atoms with van der Waals surface area (Å²) in [6.45, 7) is 8.27. The molecule has 3 rings (SSSR count). The van der Waals surface area contributed by atoms with Crippen molar-refractivity contribution in [2.45, 2.75) is 57.5 Å². The van der Waals surface area contributed by atoms with E-state index in [2.05, 4.69) is 35.4 Å². The lowest BCUT2D eigenvalue weighted by molar-refractivity contribution is 0.0580. The summed E-state index contributed by atoms with van der Waals surface area (Å²) in [6.07, 6.45) is 10.8. The molecule has 1 atom stereocenters. The Hall–Kier alpha value is -0.870. The van der Waals surface area contributed by atoms with Crippen LogP contribution in [0, 0.1) is 5.92 Å². The number of rotatable bonds is 4. The normalized spacial score (nSPS) is 26.0. The van der Waals surface area contributed by atoms with Crippen LogP contribution in [0.4, 0.5) is 0 Å². The van der Waals surface area contributed by atoms with Gasteiger partial charge in [-0.05, 0) is 30.7 Å². The topological polar surface area (TPSA) is 33.1 Å². The van der Waals surface area contributed by atoms with Gasteiger partial charge in [-0.3, -0.25) is 9.58 Å². The predicted molar refractivity (Wildman–Crippen MR) is 86.3 cm³/mol. The van der Waals surface area contributed by atoms with Gasteiger partial charge in [0.15, 0.2) is 0 Å². The Morgan fingerprint density at radius 1 is 1.38 bits per heavy atom. The van der Waals surface area contributed by atoms with Gasteiger partial charge < -0.3 is 5.32 Å². The predicted octanol–water partition coefficient (Wildman–Crippen LogP) is 2.21. The third-order valence-electron chi connectivity index (χ3n) is 5.44. The first-order valence-electron chi connectivity index (χ1n) is 8.55. The van der Waals surface area contributed by atoms with E-state index in [1.54, 1.807) is 0 Å². The molecule has 1 saturated carbocycles. The first-order valence-corrected chi connectivity index (χ1v) is 8.55. The SMILES string of the molecule is CC(C)C1CNC2(CCCC2)CN1CCc1cnn(C)c1. The molecule has 1 saturated heterocycles. The van der Waals surface area contributed by atoms with E-state index in [-0.39, 0.29) is 0 Å². The van der Waals surface area contributed by atoms with Gasteiger partial charge in [-0.15, -0.1) is 0 Å². The fraction of sp³-hybridized carbons (Fsp3) is 0.824. The Bertz CT molecular complexity index is 459. The van der Waals surface area contributed by atoms with E-state index >= 15 is 0 Å². The molecule has 4 heteroatoms. The summed E-state index contributed by atoms with van der Waals surface area (Å²) in [5.41, 5.74) is 1.78. The summed E-state index contributed by atoms with van der Waals surface area (Å²) in [7, 11) is 2.00. The van der Waals surface area contributed by atoms with Gasteiger partial charge in [-0.25, -0.2) is 0 Å². The average molecular weight is 290 g/mol. The zero-order valence-corrected chi connectivity index (χ0v) is 13.8. The first kappa shape index (κ1) is 15.0. The van der Waals surface area contributed by atoms with E-state index in [4.69, 9.17) is 0 Å². The third kappa shape index (κ3) is 3.32. The second kappa shape index (κ2) is 6.09. The second-order valence-corrected chi connectivity index (χ2v) is 7.42. The van der Waals surface area contributed by atoms with Gasteiger partial charge in [0.05, 0.1) is 6.20 Å². The lowest BCUT2D eigenvalue weighted by atomic mass is 9.89. The summed E-state index contributed by atoms with van der Waals surface area (Å²) < 4.78 is 1.91. The van der Waals surface area contributed by atoms with Crippen molar-refractivity contribution in [1.82, 2.24) is 20.0 Å². The first-order chi connectivity index (χ1) is 10.1. The minimum atomic E-state index is 0.417. The van der Waals surface area contributed by atoms with Gasteiger partial charge in [0.25, 0.3) is 0 Å². The molecule has 1 N–H and O–H groups in total. The Morgan fingerprint density at radius 2 is 2.14 bits per heavy atom. The zero-order valence-electron chi connectivity index (χ0n) is 13.8. The fourth-order valence-electron chi connectivity index (χ4n) is 4.17. The number of aromatic nitrogens is 2. The molecule has 1 aromatic rings. The Morgan fingerprint density at radius 3 is 2.76 bits per heavy atom. The molecule has 118 valence electrons. The fourth-order valence-corrected chi connectivity index (χ4v) is 4.17. The summed E-state index contributed by atoms with van der Waals surface area (Å²) >= 11 is 0. The lowest BCUT2D eigenvalue weighted by Gasteiger charge is -2.48. The van der Waals surface area contributed by atoms with Crippen LogP contribution >= 0.6 is 0 Å². The summed E-state index contributed by atoms with van der Waals surface area (Å²) in [6, 6.07) is 0.674. The largest absolute Gasteiger partial charge is 0.308 e. The number of hydrogen-bond donors (Lipinski definition) is 1. The van der Waals surface area contributed by atoms with E-state index in [0.717, 1.165) is 19.5 Å². The second-order valence-electron chi connectivity index (χ2n) is 7.42. The minimum Gasteiger partial charge on any atom is -0.308 e. The maximum atomic E-state index is 4.29. The molecule has 2 aliphatic rings. The molecule has 0 aromatic carbocycles. The van der Waals surface area contributed by atoms with E-state index in [0.29, 0.717) is 17.5 Å². The molecule has 1 aliphatic carbocycles. The quantitative estimate of drug-likeness (QED) is 0.923. The van der Waals surface area contributed by atoms with Gasteiger partial charge in [-0.1, -0.05) is 26.7 Å². The van der Waals surface area contributed by atoms with Crippen molar-refractivity contribution in [1.29, 1.82) is 0 Å². The molecule has 1 aromatic heterocycles. The zero-order chi connectivity index (χ0) is 14.9. The minimum absolute atomic E-state index is 0.417. The van der Waals surface area contributed by atoms with Crippen molar-refractivity contribution in [2.75, 3.05) is 19.6 Å².